The number of guanidine groups is 1. The molecule has 0 saturated heterocycles. The molecule has 7 heteroatoms. The van der Waals surface area contributed by atoms with Crippen molar-refractivity contribution in [1.82, 2.24) is 10.6 Å². The summed E-state index contributed by atoms with van der Waals surface area (Å²) in [6.45, 7) is 5.16. The van der Waals surface area contributed by atoms with Gasteiger partial charge in [0.2, 0.25) is 0 Å². The molecule has 3 aromatic rings. The van der Waals surface area contributed by atoms with Gasteiger partial charge in [-0.3, -0.25) is 4.79 Å². The first-order valence-electron chi connectivity index (χ1n) is 10.2. The van der Waals surface area contributed by atoms with Gasteiger partial charge < -0.3 is 25.5 Å². The molecule has 1 aromatic heterocycles. The topological polar surface area (TPSA) is 98.9 Å². The van der Waals surface area contributed by atoms with Gasteiger partial charge in [0.25, 0.3) is 5.91 Å². The maximum absolute atomic E-state index is 12.2. The van der Waals surface area contributed by atoms with Crippen LogP contribution in [0.5, 0.6) is 0 Å². The fourth-order valence-electron chi connectivity index (χ4n) is 3.02. The van der Waals surface area contributed by atoms with Crippen LogP contribution in [0.3, 0.4) is 0 Å². The van der Waals surface area contributed by atoms with Crippen LogP contribution in [0.15, 0.2) is 82.4 Å². The molecule has 0 radical (unpaired) electrons. The van der Waals surface area contributed by atoms with Crippen molar-refractivity contribution in [1.29, 1.82) is 0 Å². The number of anilines is 1. The van der Waals surface area contributed by atoms with Crippen molar-refractivity contribution in [3.05, 3.63) is 89.9 Å². The third-order valence-corrected chi connectivity index (χ3v) is 4.69. The quantitative estimate of drug-likeness (QED) is 0.330. The highest BCUT2D eigenvalue weighted by Crippen LogP contribution is 2.19. The lowest BCUT2D eigenvalue weighted by atomic mass is 9.96. The second-order valence-corrected chi connectivity index (χ2v) is 7.32. The molecular weight excluding hydrogens is 392 g/mol. The molecule has 0 spiro atoms. The van der Waals surface area contributed by atoms with Crippen LogP contribution in [0, 0.1) is 0 Å². The van der Waals surface area contributed by atoms with Crippen LogP contribution in [-0.4, -0.2) is 30.1 Å². The molecule has 162 valence electrons. The Labute approximate surface area is 182 Å². The number of nitrogens with one attached hydrogen (secondary N) is 3. The first-order valence-corrected chi connectivity index (χ1v) is 10.2. The number of hydrogen-bond donors (Lipinski definition) is 4. The molecule has 0 aliphatic rings. The number of rotatable bonds is 8. The second-order valence-electron chi connectivity index (χ2n) is 7.32. The summed E-state index contributed by atoms with van der Waals surface area (Å²) < 4.78 is 5.12. The Balaban J connectivity index is 1.63. The first kappa shape index (κ1) is 22.1. The van der Waals surface area contributed by atoms with E-state index in [1.165, 1.54) is 6.26 Å². The molecule has 1 unspecified atom stereocenters. The fraction of sp³-hybridized carbons (Fsp3) is 0.250. The summed E-state index contributed by atoms with van der Waals surface area (Å²) in [5.41, 5.74) is 1.40. The predicted octanol–water partition coefficient (Wildman–Crippen LogP) is 3.49. The van der Waals surface area contributed by atoms with Crippen molar-refractivity contribution in [3.8, 4) is 0 Å². The van der Waals surface area contributed by atoms with E-state index in [0.717, 1.165) is 11.1 Å². The van der Waals surface area contributed by atoms with Crippen molar-refractivity contribution in [2.24, 2.45) is 4.99 Å². The Hall–Kier alpha value is -3.58. The van der Waals surface area contributed by atoms with Gasteiger partial charge in [-0.1, -0.05) is 42.5 Å². The maximum atomic E-state index is 12.2. The molecule has 0 fully saturated rings. The van der Waals surface area contributed by atoms with Gasteiger partial charge in [-0.25, -0.2) is 4.99 Å². The van der Waals surface area contributed by atoms with E-state index < -0.39 is 5.60 Å². The highest BCUT2D eigenvalue weighted by Gasteiger charge is 2.22. The van der Waals surface area contributed by atoms with Crippen molar-refractivity contribution in [2.45, 2.75) is 26.0 Å². The van der Waals surface area contributed by atoms with Gasteiger partial charge in [-0.2, -0.15) is 0 Å². The Kier molecular flexibility index (Phi) is 7.45. The summed E-state index contributed by atoms with van der Waals surface area (Å²) in [4.78, 5) is 16.8. The van der Waals surface area contributed by atoms with Crippen LogP contribution in [0.2, 0.25) is 0 Å². The minimum atomic E-state index is -1.03. The van der Waals surface area contributed by atoms with Crippen molar-refractivity contribution >= 4 is 17.6 Å². The van der Waals surface area contributed by atoms with Gasteiger partial charge in [-0.15, -0.1) is 0 Å². The number of aliphatic hydroxyl groups is 1. The van der Waals surface area contributed by atoms with Gasteiger partial charge in [0, 0.05) is 12.2 Å². The standard InChI is InChI=1S/C24H28N4O3/c1-3-25-23(27-17-24(2,30)19-10-5-4-6-11-19)26-16-18-9-7-12-20(15-18)28-22(29)21-13-8-14-31-21/h4-15,30H,3,16-17H2,1-2H3,(H,28,29)(H2,25,26,27). The lowest BCUT2D eigenvalue weighted by Gasteiger charge is -2.25. The molecule has 31 heavy (non-hydrogen) atoms. The fourth-order valence-corrected chi connectivity index (χ4v) is 3.02. The zero-order valence-electron chi connectivity index (χ0n) is 17.8. The summed E-state index contributed by atoms with van der Waals surface area (Å²) in [6, 6.07) is 20.3. The highest BCUT2D eigenvalue weighted by molar-refractivity contribution is 6.02. The summed E-state index contributed by atoms with van der Waals surface area (Å²) in [7, 11) is 0. The van der Waals surface area contributed by atoms with E-state index >= 15 is 0 Å². The number of benzene rings is 2. The van der Waals surface area contributed by atoms with Gasteiger partial charge in [0.15, 0.2) is 11.7 Å². The summed E-state index contributed by atoms with van der Waals surface area (Å²) in [5, 5.41) is 20.0. The summed E-state index contributed by atoms with van der Waals surface area (Å²) in [5.74, 6) is 0.556. The summed E-state index contributed by atoms with van der Waals surface area (Å²) in [6.07, 6.45) is 1.46. The Morgan fingerprint density at radius 2 is 1.87 bits per heavy atom. The van der Waals surface area contributed by atoms with Crippen LogP contribution in [0.4, 0.5) is 5.69 Å². The zero-order chi connectivity index (χ0) is 22.1. The van der Waals surface area contributed by atoms with Crippen LogP contribution in [0.25, 0.3) is 0 Å². The number of nitrogens with zero attached hydrogens (tertiary/aromatic N) is 1. The molecule has 1 heterocycles. The smallest absolute Gasteiger partial charge is 0.291 e. The average Bonchev–Trinajstić information content (AvgIpc) is 3.32. The van der Waals surface area contributed by atoms with Crippen molar-refractivity contribution in [3.63, 3.8) is 0 Å². The Morgan fingerprint density at radius 1 is 1.06 bits per heavy atom. The van der Waals surface area contributed by atoms with Gasteiger partial charge in [-0.05, 0) is 49.2 Å². The number of aliphatic imine (C=N–C) groups is 1. The number of hydrogen-bond acceptors (Lipinski definition) is 4. The van der Waals surface area contributed by atoms with E-state index in [-0.39, 0.29) is 11.7 Å². The molecular formula is C24H28N4O3. The van der Waals surface area contributed by atoms with Gasteiger partial charge in [0.1, 0.15) is 5.60 Å². The Bertz CT molecular complexity index is 999. The van der Waals surface area contributed by atoms with Crippen LogP contribution in [0.1, 0.15) is 35.5 Å². The molecule has 0 saturated carbocycles. The van der Waals surface area contributed by atoms with E-state index in [1.807, 2.05) is 61.5 Å². The van der Waals surface area contributed by atoms with Crippen LogP contribution in [-0.2, 0) is 12.1 Å². The second kappa shape index (κ2) is 10.4. The lowest BCUT2D eigenvalue weighted by Crippen LogP contribution is -2.44. The summed E-state index contributed by atoms with van der Waals surface area (Å²) >= 11 is 0. The molecule has 0 aliphatic carbocycles. The molecule has 1 amide bonds. The first-order chi connectivity index (χ1) is 15.0. The largest absolute Gasteiger partial charge is 0.459 e. The average molecular weight is 421 g/mol. The molecule has 1 atom stereocenters. The van der Waals surface area contributed by atoms with Gasteiger partial charge >= 0.3 is 0 Å². The third-order valence-electron chi connectivity index (χ3n) is 4.69. The SMILES string of the molecule is CCNC(=NCc1cccc(NC(=O)c2ccco2)c1)NCC(C)(O)c1ccccc1. The molecule has 2 aromatic carbocycles. The molecule has 4 N–H and O–H groups in total. The van der Waals surface area contributed by atoms with Crippen molar-refractivity contribution < 1.29 is 14.3 Å². The molecule has 3 rings (SSSR count). The molecule has 0 bridgehead atoms. The zero-order valence-corrected chi connectivity index (χ0v) is 17.8. The van der Waals surface area contributed by atoms with Crippen LogP contribution >= 0.6 is 0 Å². The number of carbonyl (C=O) groups excluding carboxylic acids is 1. The normalized spacial score (nSPS) is 13.3. The lowest BCUT2D eigenvalue weighted by molar-refractivity contribution is 0.0617. The predicted molar refractivity (Wildman–Crippen MR) is 122 cm³/mol. The minimum absolute atomic E-state index is 0.257. The number of amides is 1. The van der Waals surface area contributed by atoms with E-state index in [1.54, 1.807) is 19.1 Å². The third kappa shape index (κ3) is 6.45. The van der Waals surface area contributed by atoms with E-state index in [0.29, 0.717) is 31.3 Å². The minimum Gasteiger partial charge on any atom is -0.459 e. The van der Waals surface area contributed by atoms with E-state index in [9.17, 15) is 9.90 Å². The van der Waals surface area contributed by atoms with Crippen molar-refractivity contribution in [2.75, 3.05) is 18.4 Å². The number of furan rings is 1. The van der Waals surface area contributed by atoms with Gasteiger partial charge in [0.05, 0.1) is 19.4 Å². The molecule has 0 aliphatic heterocycles. The van der Waals surface area contributed by atoms with Crippen LogP contribution < -0.4 is 16.0 Å². The molecule has 7 nitrogen and oxygen atoms in total. The van der Waals surface area contributed by atoms with E-state index in [2.05, 4.69) is 20.9 Å². The Morgan fingerprint density at radius 3 is 2.58 bits per heavy atom. The number of carbonyl (C=O) groups is 1. The highest BCUT2D eigenvalue weighted by atomic mass is 16.3. The monoisotopic (exact) mass is 420 g/mol. The maximum Gasteiger partial charge on any atom is 0.291 e. The van der Waals surface area contributed by atoms with E-state index in [4.69, 9.17) is 4.42 Å².